The van der Waals surface area contributed by atoms with Crippen LogP contribution < -0.4 is 10.6 Å². The van der Waals surface area contributed by atoms with Crippen molar-refractivity contribution in [2.75, 3.05) is 27.2 Å². The number of guanidine groups is 1. The van der Waals surface area contributed by atoms with E-state index in [2.05, 4.69) is 34.7 Å². The monoisotopic (exact) mass is 377 g/mol. The summed E-state index contributed by atoms with van der Waals surface area (Å²) in [5.41, 5.74) is 1.22. The maximum atomic E-state index is 5.78. The summed E-state index contributed by atoms with van der Waals surface area (Å²) in [4.78, 5) is 4.04. The average Bonchev–Trinajstić information content (AvgIpc) is 2.43. The molecule has 0 radical (unpaired) electrons. The van der Waals surface area contributed by atoms with Gasteiger partial charge < -0.3 is 15.4 Å². The molecule has 5 heteroatoms. The van der Waals surface area contributed by atoms with E-state index in [4.69, 9.17) is 4.74 Å². The largest absolute Gasteiger partial charge is 0.374 e. The Morgan fingerprint density at radius 3 is 2.58 bits per heavy atom. The number of rotatable bonds is 6. The number of aliphatic imine (C=N–C) groups is 1. The van der Waals surface area contributed by atoms with Gasteiger partial charge in [0.25, 0.3) is 0 Å². The second-order valence-corrected chi connectivity index (χ2v) is 4.03. The minimum Gasteiger partial charge on any atom is -0.374 e. The van der Waals surface area contributed by atoms with Gasteiger partial charge in [-0.1, -0.05) is 30.3 Å². The zero-order valence-electron chi connectivity index (χ0n) is 11.8. The van der Waals surface area contributed by atoms with Crippen LogP contribution in [0.3, 0.4) is 0 Å². The Hall–Kier alpha value is -0.820. The molecule has 0 aromatic heterocycles. The highest BCUT2D eigenvalue weighted by molar-refractivity contribution is 14.0. The molecule has 0 fully saturated rings. The second-order valence-electron chi connectivity index (χ2n) is 4.03. The third-order valence-electron chi connectivity index (χ3n) is 2.71. The summed E-state index contributed by atoms with van der Waals surface area (Å²) in [6, 6.07) is 10.3. The lowest BCUT2D eigenvalue weighted by Crippen LogP contribution is -2.35. The van der Waals surface area contributed by atoms with Crippen LogP contribution in [0, 0.1) is 0 Å². The van der Waals surface area contributed by atoms with E-state index in [0.29, 0.717) is 0 Å². The first-order valence-corrected chi connectivity index (χ1v) is 6.33. The third-order valence-corrected chi connectivity index (χ3v) is 2.71. The van der Waals surface area contributed by atoms with Crippen LogP contribution in [0.5, 0.6) is 0 Å². The van der Waals surface area contributed by atoms with Crippen LogP contribution in [-0.2, 0) is 4.74 Å². The lowest BCUT2D eigenvalue weighted by Gasteiger charge is -2.14. The molecule has 1 unspecified atom stereocenters. The first kappa shape index (κ1) is 18.2. The van der Waals surface area contributed by atoms with E-state index in [1.165, 1.54) is 5.56 Å². The van der Waals surface area contributed by atoms with Crippen molar-refractivity contribution in [3.05, 3.63) is 35.9 Å². The Balaban J connectivity index is 0.00000324. The van der Waals surface area contributed by atoms with E-state index < -0.39 is 0 Å². The van der Waals surface area contributed by atoms with E-state index in [1.54, 1.807) is 7.05 Å². The molecule has 0 aliphatic rings. The molecule has 0 amide bonds. The van der Waals surface area contributed by atoms with Gasteiger partial charge in [-0.3, -0.25) is 4.99 Å². The SMILES string of the molecule is CN=C(NC)NCCCOC(C)c1ccccc1.I. The highest BCUT2D eigenvalue weighted by Crippen LogP contribution is 2.15. The van der Waals surface area contributed by atoms with Crippen molar-refractivity contribution in [2.24, 2.45) is 4.99 Å². The Morgan fingerprint density at radius 2 is 2.00 bits per heavy atom. The fourth-order valence-corrected chi connectivity index (χ4v) is 1.64. The molecule has 0 bridgehead atoms. The van der Waals surface area contributed by atoms with Crippen molar-refractivity contribution in [1.82, 2.24) is 10.6 Å². The number of benzene rings is 1. The molecule has 1 aromatic rings. The van der Waals surface area contributed by atoms with Crippen molar-refractivity contribution in [1.29, 1.82) is 0 Å². The first-order valence-electron chi connectivity index (χ1n) is 6.33. The minimum absolute atomic E-state index is 0. The quantitative estimate of drug-likeness (QED) is 0.347. The van der Waals surface area contributed by atoms with Gasteiger partial charge in [0.1, 0.15) is 0 Å². The summed E-state index contributed by atoms with van der Waals surface area (Å²) in [6.45, 7) is 3.67. The first-order chi connectivity index (χ1) is 8.77. The molecule has 4 nitrogen and oxygen atoms in total. The molecule has 1 rings (SSSR count). The maximum absolute atomic E-state index is 5.78. The summed E-state index contributed by atoms with van der Waals surface area (Å²) in [7, 11) is 3.61. The fraction of sp³-hybridized carbons (Fsp3) is 0.500. The second kappa shape index (κ2) is 11.0. The molecule has 0 heterocycles. The van der Waals surface area contributed by atoms with Crippen LogP contribution in [0.15, 0.2) is 35.3 Å². The lowest BCUT2D eigenvalue weighted by atomic mass is 10.1. The van der Waals surface area contributed by atoms with Gasteiger partial charge in [0.05, 0.1) is 6.10 Å². The van der Waals surface area contributed by atoms with Gasteiger partial charge in [-0.05, 0) is 18.9 Å². The molecule has 0 aliphatic heterocycles. The molecule has 2 N–H and O–H groups in total. The van der Waals surface area contributed by atoms with Gasteiger partial charge in [0.2, 0.25) is 0 Å². The van der Waals surface area contributed by atoms with E-state index in [1.807, 2.05) is 25.2 Å². The van der Waals surface area contributed by atoms with Crippen LogP contribution in [0.25, 0.3) is 0 Å². The van der Waals surface area contributed by atoms with Crippen LogP contribution in [0.1, 0.15) is 25.0 Å². The van der Waals surface area contributed by atoms with Crippen LogP contribution >= 0.6 is 24.0 Å². The third kappa shape index (κ3) is 7.37. The molecule has 0 saturated heterocycles. The summed E-state index contributed by atoms with van der Waals surface area (Å²) >= 11 is 0. The Labute approximate surface area is 133 Å². The van der Waals surface area contributed by atoms with Gasteiger partial charge >= 0.3 is 0 Å². The minimum atomic E-state index is 0. The average molecular weight is 377 g/mol. The number of nitrogens with one attached hydrogen (secondary N) is 2. The Morgan fingerprint density at radius 1 is 1.32 bits per heavy atom. The summed E-state index contributed by atoms with van der Waals surface area (Å²) in [5.74, 6) is 0.811. The van der Waals surface area contributed by atoms with Crippen molar-refractivity contribution in [3.63, 3.8) is 0 Å². The summed E-state index contributed by atoms with van der Waals surface area (Å²) < 4.78 is 5.78. The Kier molecular flexibility index (Phi) is 10.6. The molecule has 19 heavy (non-hydrogen) atoms. The Bertz CT molecular complexity index is 357. The molecular formula is C14H24IN3O. The maximum Gasteiger partial charge on any atom is 0.190 e. The van der Waals surface area contributed by atoms with E-state index >= 15 is 0 Å². The van der Waals surface area contributed by atoms with Crippen molar-refractivity contribution in [2.45, 2.75) is 19.4 Å². The smallest absolute Gasteiger partial charge is 0.190 e. The molecule has 1 aromatic carbocycles. The van der Waals surface area contributed by atoms with Crippen LogP contribution in [0.2, 0.25) is 0 Å². The molecule has 0 spiro atoms. The van der Waals surface area contributed by atoms with Crippen molar-refractivity contribution in [3.8, 4) is 0 Å². The van der Waals surface area contributed by atoms with E-state index in [0.717, 1.165) is 25.5 Å². The molecular weight excluding hydrogens is 353 g/mol. The van der Waals surface area contributed by atoms with E-state index in [-0.39, 0.29) is 30.1 Å². The highest BCUT2D eigenvalue weighted by Gasteiger charge is 2.03. The van der Waals surface area contributed by atoms with E-state index in [9.17, 15) is 0 Å². The van der Waals surface area contributed by atoms with Crippen molar-refractivity contribution >= 4 is 29.9 Å². The molecule has 108 valence electrons. The number of ether oxygens (including phenoxy) is 1. The highest BCUT2D eigenvalue weighted by atomic mass is 127. The molecule has 0 saturated carbocycles. The normalized spacial score (nSPS) is 12.5. The van der Waals surface area contributed by atoms with Gasteiger partial charge in [-0.25, -0.2) is 0 Å². The van der Waals surface area contributed by atoms with Gasteiger partial charge in [-0.2, -0.15) is 0 Å². The number of hydrogen-bond acceptors (Lipinski definition) is 2. The predicted octanol–water partition coefficient (Wildman–Crippen LogP) is 2.57. The zero-order chi connectivity index (χ0) is 13.2. The molecule has 0 aliphatic carbocycles. The van der Waals surface area contributed by atoms with Gasteiger partial charge in [0.15, 0.2) is 5.96 Å². The standard InChI is InChI=1S/C14H23N3O.HI/c1-12(13-8-5-4-6-9-13)18-11-7-10-17-14(15-2)16-3;/h4-6,8-9,12H,7,10-11H2,1-3H3,(H2,15,16,17);1H. The summed E-state index contributed by atoms with van der Waals surface area (Å²) in [6.07, 6.45) is 1.10. The summed E-state index contributed by atoms with van der Waals surface area (Å²) in [5, 5.41) is 6.17. The van der Waals surface area contributed by atoms with Crippen LogP contribution in [-0.4, -0.2) is 33.2 Å². The number of halogens is 1. The topological polar surface area (TPSA) is 45.7 Å². The predicted molar refractivity (Wildman–Crippen MR) is 91.3 cm³/mol. The van der Waals surface area contributed by atoms with Crippen molar-refractivity contribution < 1.29 is 4.74 Å². The van der Waals surface area contributed by atoms with Gasteiger partial charge in [-0.15, -0.1) is 24.0 Å². The molecule has 1 atom stereocenters. The number of nitrogens with zero attached hydrogens (tertiary/aromatic N) is 1. The fourth-order valence-electron chi connectivity index (χ4n) is 1.64. The number of hydrogen-bond donors (Lipinski definition) is 2. The lowest BCUT2D eigenvalue weighted by molar-refractivity contribution is 0.0646. The van der Waals surface area contributed by atoms with Gasteiger partial charge in [0, 0.05) is 27.2 Å². The van der Waals surface area contributed by atoms with Crippen LogP contribution in [0.4, 0.5) is 0 Å². The zero-order valence-corrected chi connectivity index (χ0v) is 14.2.